The second-order valence-electron chi connectivity index (χ2n) is 2.61. The molecule has 68 valence electrons. The van der Waals surface area contributed by atoms with Gasteiger partial charge in [-0.15, -0.1) is 0 Å². The van der Waals surface area contributed by atoms with Gasteiger partial charge < -0.3 is 0 Å². The summed E-state index contributed by atoms with van der Waals surface area (Å²) in [5.74, 6) is 0. The fourth-order valence-corrected chi connectivity index (χ4v) is 0.957. The zero-order chi connectivity index (χ0) is 10.1. The summed E-state index contributed by atoms with van der Waals surface area (Å²) in [6.07, 6.45) is -4.33. The van der Waals surface area contributed by atoms with Crippen LogP contribution in [0.5, 0.6) is 0 Å². The van der Waals surface area contributed by atoms with Crippen LogP contribution in [-0.2, 0) is 6.18 Å². The van der Waals surface area contributed by atoms with E-state index in [9.17, 15) is 13.2 Å². The van der Waals surface area contributed by atoms with Gasteiger partial charge in [0, 0.05) is 0 Å². The molecule has 0 amide bonds. The number of hydrogen-bond donors (Lipinski definition) is 0. The second-order valence-corrected chi connectivity index (χ2v) is 2.61. The van der Waals surface area contributed by atoms with Gasteiger partial charge in [0.05, 0.1) is 12.1 Å². The van der Waals surface area contributed by atoms with Crippen molar-refractivity contribution in [1.82, 2.24) is 0 Å². The maximum Gasteiger partial charge on any atom is 0.416 e. The van der Waals surface area contributed by atoms with Gasteiger partial charge in [-0.2, -0.15) is 13.2 Å². The average molecular weight is 185 g/mol. The van der Waals surface area contributed by atoms with Crippen LogP contribution in [0.15, 0.2) is 18.2 Å². The second kappa shape index (κ2) is 3.09. The van der Waals surface area contributed by atoms with Gasteiger partial charge in [-0.25, -0.2) is 4.85 Å². The molecule has 0 heterocycles. The Morgan fingerprint density at radius 2 is 1.92 bits per heavy atom. The molecule has 0 radical (unpaired) electrons. The Labute approximate surface area is 73.6 Å². The Hall–Kier alpha value is -1.50. The van der Waals surface area contributed by atoms with Crippen LogP contribution in [0.3, 0.4) is 0 Å². The normalized spacial score (nSPS) is 11.0. The monoisotopic (exact) mass is 185 g/mol. The summed E-state index contributed by atoms with van der Waals surface area (Å²) < 4.78 is 36.4. The van der Waals surface area contributed by atoms with Crippen molar-refractivity contribution in [3.63, 3.8) is 0 Å². The van der Waals surface area contributed by atoms with Crippen molar-refractivity contribution in [3.05, 3.63) is 40.7 Å². The van der Waals surface area contributed by atoms with Crippen LogP contribution in [0.25, 0.3) is 4.85 Å². The number of alkyl halides is 3. The number of nitrogens with zero attached hydrogens (tertiary/aromatic N) is 1. The van der Waals surface area contributed by atoms with E-state index in [4.69, 9.17) is 6.57 Å². The molecule has 0 aliphatic carbocycles. The Bertz CT molecular complexity index is 360. The maximum absolute atomic E-state index is 12.1. The minimum Gasteiger partial charge on any atom is -0.238 e. The van der Waals surface area contributed by atoms with E-state index >= 15 is 0 Å². The molecule has 13 heavy (non-hydrogen) atoms. The summed E-state index contributed by atoms with van der Waals surface area (Å²) in [5.41, 5.74) is -0.102. The first-order chi connectivity index (χ1) is 5.95. The van der Waals surface area contributed by atoms with Crippen LogP contribution in [0.4, 0.5) is 18.9 Å². The van der Waals surface area contributed by atoms with Crippen molar-refractivity contribution < 1.29 is 13.2 Å². The summed E-state index contributed by atoms with van der Waals surface area (Å²) in [6, 6.07) is 3.08. The zero-order valence-electron chi connectivity index (χ0n) is 6.81. The van der Waals surface area contributed by atoms with Crippen molar-refractivity contribution >= 4 is 5.69 Å². The lowest BCUT2D eigenvalue weighted by Gasteiger charge is -2.07. The highest BCUT2D eigenvalue weighted by Crippen LogP contribution is 2.32. The van der Waals surface area contributed by atoms with Gasteiger partial charge >= 0.3 is 6.18 Å². The highest BCUT2D eigenvalue weighted by Gasteiger charge is 2.30. The molecule has 1 nitrogen and oxygen atoms in total. The molecule has 1 rings (SSSR count). The summed E-state index contributed by atoms with van der Waals surface area (Å²) in [5, 5.41) is 0. The molecule has 0 fully saturated rings. The molecule has 0 N–H and O–H groups in total. The maximum atomic E-state index is 12.1. The lowest BCUT2D eigenvalue weighted by atomic mass is 10.1. The molecule has 1 aromatic rings. The summed E-state index contributed by atoms with van der Waals surface area (Å²) in [4.78, 5) is 3.08. The molecule has 4 heteroatoms. The lowest BCUT2D eigenvalue weighted by Crippen LogP contribution is -2.04. The van der Waals surface area contributed by atoms with E-state index in [1.807, 2.05) is 0 Å². The smallest absolute Gasteiger partial charge is 0.238 e. The molecule has 0 unspecified atom stereocenters. The van der Waals surface area contributed by atoms with Gasteiger partial charge in [0.2, 0.25) is 0 Å². The number of rotatable bonds is 0. The molecule has 0 spiro atoms. The predicted molar refractivity (Wildman–Crippen MR) is 42.4 cm³/mol. The largest absolute Gasteiger partial charge is 0.416 e. The molecule has 0 aliphatic rings. The molecule has 0 atom stereocenters. The number of benzene rings is 1. The molecule has 0 saturated heterocycles. The summed E-state index contributed by atoms with van der Waals surface area (Å²) in [7, 11) is 0. The van der Waals surface area contributed by atoms with E-state index < -0.39 is 11.7 Å². The fraction of sp³-hybridized carbons (Fsp3) is 0.222. The Kier molecular flexibility index (Phi) is 2.28. The van der Waals surface area contributed by atoms with Gasteiger partial charge in [-0.3, -0.25) is 0 Å². The molecule has 0 saturated carbocycles. The third-order valence-corrected chi connectivity index (χ3v) is 1.64. The lowest BCUT2D eigenvalue weighted by molar-refractivity contribution is -0.137. The van der Waals surface area contributed by atoms with E-state index in [-0.39, 0.29) is 5.69 Å². The van der Waals surface area contributed by atoms with E-state index in [0.29, 0.717) is 5.56 Å². The van der Waals surface area contributed by atoms with E-state index in [1.165, 1.54) is 13.0 Å². The molecule has 0 bridgehead atoms. The molecular weight excluding hydrogens is 179 g/mol. The quantitative estimate of drug-likeness (QED) is 0.544. The van der Waals surface area contributed by atoms with Gasteiger partial charge in [-0.1, -0.05) is 18.2 Å². The average Bonchev–Trinajstić information content (AvgIpc) is 2.02. The van der Waals surface area contributed by atoms with Crippen LogP contribution in [0, 0.1) is 13.5 Å². The highest BCUT2D eigenvalue weighted by atomic mass is 19.4. The van der Waals surface area contributed by atoms with Gasteiger partial charge in [-0.05, 0) is 12.5 Å². The first kappa shape index (κ1) is 9.59. The van der Waals surface area contributed by atoms with Gasteiger partial charge in [0.15, 0.2) is 5.69 Å². The van der Waals surface area contributed by atoms with E-state index in [0.717, 1.165) is 12.1 Å². The van der Waals surface area contributed by atoms with Crippen LogP contribution in [-0.4, -0.2) is 0 Å². The minimum absolute atomic E-state index is 0.257. The van der Waals surface area contributed by atoms with Crippen molar-refractivity contribution in [3.8, 4) is 0 Å². The summed E-state index contributed by atoms with van der Waals surface area (Å²) in [6.45, 7) is 8.14. The Morgan fingerprint density at radius 1 is 1.31 bits per heavy atom. The molecular formula is C9H6F3N. The zero-order valence-corrected chi connectivity index (χ0v) is 6.81. The van der Waals surface area contributed by atoms with Crippen LogP contribution < -0.4 is 0 Å². The third kappa shape index (κ3) is 2.00. The first-order valence-electron chi connectivity index (χ1n) is 3.50. The standard InChI is InChI=1S/C9H6F3N/c1-6-5-7(9(10,11)12)3-4-8(6)13-2/h3-5H,1H3. The van der Waals surface area contributed by atoms with Crippen molar-refractivity contribution in [2.24, 2.45) is 0 Å². The Morgan fingerprint density at radius 3 is 2.31 bits per heavy atom. The first-order valence-corrected chi connectivity index (χ1v) is 3.50. The number of halogens is 3. The number of hydrogen-bond acceptors (Lipinski definition) is 0. The van der Waals surface area contributed by atoms with Gasteiger partial charge in [0.1, 0.15) is 0 Å². The van der Waals surface area contributed by atoms with E-state index in [2.05, 4.69) is 4.85 Å². The predicted octanol–water partition coefficient (Wildman–Crippen LogP) is 3.56. The topological polar surface area (TPSA) is 4.36 Å². The molecule has 0 aromatic heterocycles. The molecule has 0 aliphatic heterocycles. The number of aryl methyl sites for hydroxylation is 1. The Balaban J connectivity index is 3.20. The van der Waals surface area contributed by atoms with Gasteiger partial charge in [0.25, 0.3) is 0 Å². The third-order valence-electron chi connectivity index (χ3n) is 1.64. The minimum atomic E-state index is -4.33. The molecule has 1 aromatic carbocycles. The van der Waals surface area contributed by atoms with E-state index in [1.54, 1.807) is 0 Å². The summed E-state index contributed by atoms with van der Waals surface area (Å²) >= 11 is 0. The van der Waals surface area contributed by atoms with Crippen LogP contribution in [0.1, 0.15) is 11.1 Å². The highest BCUT2D eigenvalue weighted by molar-refractivity contribution is 5.53. The van der Waals surface area contributed by atoms with Crippen molar-refractivity contribution in [2.45, 2.75) is 13.1 Å². The van der Waals surface area contributed by atoms with Crippen molar-refractivity contribution in [1.29, 1.82) is 0 Å². The van der Waals surface area contributed by atoms with Crippen molar-refractivity contribution in [2.75, 3.05) is 0 Å². The van der Waals surface area contributed by atoms with Crippen LogP contribution in [0.2, 0.25) is 0 Å². The fourth-order valence-electron chi connectivity index (χ4n) is 0.957. The van der Waals surface area contributed by atoms with Crippen LogP contribution >= 0.6 is 0 Å². The SMILES string of the molecule is [C-]#[N+]c1ccc(C(F)(F)F)cc1C.